The number of likely N-dealkylation sites (tertiary alicyclic amines) is 2. The van der Waals surface area contributed by atoms with Gasteiger partial charge in [0.25, 0.3) is 5.91 Å². The van der Waals surface area contributed by atoms with Gasteiger partial charge in [-0.15, -0.1) is 0 Å². The number of pyridine rings is 1. The third-order valence-electron chi connectivity index (χ3n) is 6.79. The van der Waals surface area contributed by atoms with Crippen molar-refractivity contribution in [3.05, 3.63) is 76.5 Å². The Morgan fingerprint density at radius 2 is 1.84 bits per heavy atom. The van der Waals surface area contributed by atoms with Crippen LogP contribution in [0.25, 0.3) is 11.0 Å². The summed E-state index contributed by atoms with van der Waals surface area (Å²) in [4.78, 5) is 36.5. The van der Waals surface area contributed by atoms with Crippen LogP contribution < -0.4 is 5.69 Å². The van der Waals surface area contributed by atoms with Gasteiger partial charge in [0.1, 0.15) is 0 Å². The monoisotopic (exact) mass is 431 g/mol. The first kappa shape index (κ1) is 20.7. The number of hydrogen-bond donors (Lipinski definition) is 1. The highest BCUT2D eigenvalue weighted by atomic mass is 16.2. The second kappa shape index (κ2) is 9.12. The molecule has 32 heavy (non-hydrogen) atoms. The van der Waals surface area contributed by atoms with E-state index >= 15 is 0 Å². The molecular formula is C25H29N5O2. The zero-order valence-electron chi connectivity index (χ0n) is 18.2. The molecule has 1 aromatic carbocycles. The second-order valence-electron chi connectivity index (χ2n) is 8.75. The summed E-state index contributed by atoms with van der Waals surface area (Å²) in [5, 5.41) is 0. The van der Waals surface area contributed by atoms with Crippen LogP contribution in [-0.4, -0.2) is 63.0 Å². The maximum Gasteiger partial charge on any atom is 0.326 e. The molecule has 0 radical (unpaired) electrons. The molecule has 2 aliphatic heterocycles. The molecule has 2 aromatic heterocycles. The zero-order valence-corrected chi connectivity index (χ0v) is 18.2. The predicted octanol–water partition coefficient (Wildman–Crippen LogP) is 3.22. The van der Waals surface area contributed by atoms with Gasteiger partial charge in [-0.2, -0.15) is 0 Å². The number of hydrogen-bond acceptors (Lipinski definition) is 4. The SMILES string of the molecule is O=C(c1cccnc1)N1CCC(=CCN2CCC(n3c(=O)[nH]c4ccccc43)CC2)CC1. The fourth-order valence-electron chi connectivity index (χ4n) is 4.93. The first-order chi connectivity index (χ1) is 15.7. The summed E-state index contributed by atoms with van der Waals surface area (Å²) in [5.41, 5.74) is 4.02. The van der Waals surface area contributed by atoms with Crippen molar-refractivity contribution in [3.63, 3.8) is 0 Å². The molecule has 0 atom stereocenters. The molecule has 2 aliphatic rings. The van der Waals surface area contributed by atoms with E-state index < -0.39 is 0 Å². The average Bonchev–Trinajstić information content (AvgIpc) is 3.19. The number of nitrogens with one attached hydrogen (secondary N) is 1. The van der Waals surface area contributed by atoms with E-state index in [1.54, 1.807) is 18.5 Å². The number of aromatic amines is 1. The van der Waals surface area contributed by atoms with E-state index in [0.29, 0.717) is 5.56 Å². The Bertz CT molecular complexity index is 1160. The number of piperidine rings is 2. The summed E-state index contributed by atoms with van der Waals surface area (Å²) in [7, 11) is 0. The number of imidazole rings is 1. The molecule has 0 bridgehead atoms. The minimum atomic E-state index is -0.000594. The smallest absolute Gasteiger partial charge is 0.326 e. The van der Waals surface area contributed by atoms with Crippen molar-refractivity contribution in [2.75, 3.05) is 32.7 Å². The molecule has 4 heterocycles. The Morgan fingerprint density at radius 3 is 2.59 bits per heavy atom. The van der Waals surface area contributed by atoms with Crippen LogP contribution in [0.4, 0.5) is 0 Å². The topological polar surface area (TPSA) is 74.2 Å². The first-order valence-corrected chi connectivity index (χ1v) is 11.5. The maximum atomic E-state index is 12.6. The van der Waals surface area contributed by atoms with Gasteiger partial charge >= 0.3 is 5.69 Å². The molecule has 1 N–H and O–H groups in total. The third kappa shape index (κ3) is 4.25. The number of benzene rings is 1. The van der Waals surface area contributed by atoms with Crippen LogP contribution in [0.2, 0.25) is 0 Å². The van der Waals surface area contributed by atoms with Crippen LogP contribution >= 0.6 is 0 Å². The number of para-hydroxylation sites is 2. The lowest BCUT2D eigenvalue weighted by Gasteiger charge is -2.32. The van der Waals surface area contributed by atoms with Crippen LogP contribution in [0.3, 0.4) is 0 Å². The van der Waals surface area contributed by atoms with Crippen LogP contribution in [0.15, 0.2) is 65.2 Å². The number of fused-ring (bicyclic) bond motifs is 1. The van der Waals surface area contributed by atoms with Crippen molar-refractivity contribution in [2.45, 2.75) is 31.7 Å². The van der Waals surface area contributed by atoms with Crippen LogP contribution in [0, 0.1) is 0 Å². The summed E-state index contributed by atoms with van der Waals surface area (Å²) in [6.45, 7) is 4.47. The van der Waals surface area contributed by atoms with Gasteiger partial charge in [0.05, 0.1) is 16.6 Å². The maximum absolute atomic E-state index is 12.6. The van der Waals surface area contributed by atoms with Gasteiger partial charge in [0.15, 0.2) is 0 Å². The summed E-state index contributed by atoms with van der Waals surface area (Å²) in [6, 6.07) is 11.8. The summed E-state index contributed by atoms with van der Waals surface area (Å²) in [6.07, 6.45) is 9.53. The van der Waals surface area contributed by atoms with Crippen molar-refractivity contribution in [3.8, 4) is 0 Å². The Labute approximate surface area is 187 Å². The number of rotatable bonds is 4. The Morgan fingerprint density at radius 1 is 1.06 bits per heavy atom. The molecular weight excluding hydrogens is 402 g/mol. The average molecular weight is 432 g/mol. The lowest BCUT2D eigenvalue weighted by atomic mass is 10.0. The number of nitrogens with zero attached hydrogens (tertiary/aromatic N) is 4. The highest BCUT2D eigenvalue weighted by Gasteiger charge is 2.24. The molecule has 7 heteroatoms. The van der Waals surface area contributed by atoms with E-state index in [2.05, 4.69) is 20.9 Å². The van der Waals surface area contributed by atoms with E-state index in [0.717, 1.165) is 69.4 Å². The van der Waals surface area contributed by atoms with Gasteiger partial charge in [0, 0.05) is 51.2 Å². The number of carbonyl (C=O) groups is 1. The minimum absolute atomic E-state index is 0.000594. The van der Waals surface area contributed by atoms with Crippen molar-refractivity contribution < 1.29 is 4.79 Å². The Balaban J connectivity index is 1.13. The van der Waals surface area contributed by atoms with Gasteiger partial charge in [-0.3, -0.25) is 19.2 Å². The fraction of sp³-hybridized carbons (Fsp3) is 0.400. The van der Waals surface area contributed by atoms with Crippen LogP contribution in [-0.2, 0) is 0 Å². The summed E-state index contributed by atoms with van der Waals surface area (Å²) in [5.74, 6) is 0.0757. The number of carbonyl (C=O) groups excluding carboxylic acids is 1. The molecule has 2 saturated heterocycles. The largest absolute Gasteiger partial charge is 0.338 e. The minimum Gasteiger partial charge on any atom is -0.338 e. The van der Waals surface area contributed by atoms with E-state index in [1.807, 2.05) is 39.8 Å². The lowest BCUT2D eigenvalue weighted by molar-refractivity contribution is 0.0743. The predicted molar refractivity (Wildman–Crippen MR) is 125 cm³/mol. The highest BCUT2D eigenvalue weighted by molar-refractivity contribution is 5.94. The molecule has 0 unspecified atom stereocenters. The number of aromatic nitrogens is 3. The van der Waals surface area contributed by atoms with Gasteiger partial charge in [-0.25, -0.2) is 4.79 Å². The quantitative estimate of drug-likeness (QED) is 0.644. The van der Waals surface area contributed by atoms with E-state index in [-0.39, 0.29) is 17.6 Å². The number of H-pyrrole nitrogens is 1. The summed E-state index contributed by atoms with van der Waals surface area (Å²) < 4.78 is 1.94. The standard InChI is InChI=1S/C25H29N5O2/c31-24(20-4-3-12-26-18-20)29-16-8-19(9-17-29)7-13-28-14-10-21(11-15-28)30-23-6-2-1-5-22(23)27-25(30)32/h1-7,12,18,21H,8-11,13-17H2,(H,27,32). The van der Waals surface area contributed by atoms with Gasteiger partial charge in [-0.05, 0) is 49.9 Å². The highest BCUT2D eigenvalue weighted by Crippen LogP contribution is 2.25. The molecule has 166 valence electrons. The molecule has 0 spiro atoms. The van der Waals surface area contributed by atoms with Crippen molar-refractivity contribution in [1.82, 2.24) is 24.3 Å². The van der Waals surface area contributed by atoms with E-state index in [9.17, 15) is 9.59 Å². The normalized spacial score (nSPS) is 18.2. The molecule has 0 saturated carbocycles. The Kier molecular flexibility index (Phi) is 5.90. The van der Waals surface area contributed by atoms with Crippen LogP contribution in [0.1, 0.15) is 42.1 Å². The van der Waals surface area contributed by atoms with Crippen molar-refractivity contribution >= 4 is 16.9 Å². The van der Waals surface area contributed by atoms with Gasteiger partial charge in [0.2, 0.25) is 0 Å². The van der Waals surface area contributed by atoms with E-state index in [4.69, 9.17) is 0 Å². The molecule has 1 amide bonds. The molecule has 7 nitrogen and oxygen atoms in total. The Hall–Kier alpha value is -3.19. The molecule has 2 fully saturated rings. The number of amides is 1. The molecule has 0 aliphatic carbocycles. The molecule has 3 aromatic rings. The summed E-state index contributed by atoms with van der Waals surface area (Å²) >= 11 is 0. The second-order valence-corrected chi connectivity index (χ2v) is 8.75. The van der Waals surface area contributed by atoms with E-state index in [1.165, 1.54) is 5.57 Å². The fourth-order valence-corrected chi connectivity index (χ4v) is 4.93. The lowest BCUT2D eigenvalue weighted by Crippen LogP contribution is -2.38. The molecule has 5 rings (SSSR count). The first-order valence-electron chi connectivity index (χ1n) is 11.5. The third-order valence-corrected chi connectivity index (χ3v) is 6.79. The van der Waals surface area contributed by atoms with Crippen molar-refractivity contribution in [1.29, 1.82) is 0 Å². The zero-order chi connectivity index (χ0) is 21.9. The van der Waals surface area contributed by atoms with Crippen molar-refractivity contribution in [2.24, 2.45) is 0 Å². The van der Waals surface area contributed by atoms with Gasteiger partial charge < -0.3 is 9.88 Å². The van der Waals surface area contributed by atoms with Crippen LogP contribution in [0.5, 0.6) is 0 Å². The van der Waals surface area contributed by atoms with Gasteiger partial charge in [-0.1, -0.05) is 23.8 Å².